The van der Waals surface area contributed by atoms with E-state index in [0.717, 1.165) is 30.7 Å². The molecule has 31 heavy (non-hydrogen) atoms. The number of carbonyl (C=O) groups is 2. The summed E-state index contributed by atoms with van der Waals surface area (Å²) in [6, 6.07) is 8.66. The molecule has 1 aromatic rings. The number of rotatable bonds is 17. The average molecular weight is 470 g/mol. The number of thiol groups is 1. The van der Waals surface area contributed by atoms with E-state index >= 15 is 0 Å². The maximum atomic E-state index is 13.1. The molecule has 0 saturated heterocycles. The largest absolute Gasteiger partial charge is 0.480 e. The van der Waals surface area contributed by atoms with Crippen LogP contribution in [0, 0.1) is 5.92 Å². The minimum absolute atomic E-state index is 0.225. The lowest BCUT2D eigenvalue weighted by atomic mass is 9.97. The molecule has 1 rings (SSSR count). The standard InChI is InChI=1S/C23H39N3O3S2/c1-4-17(2)21(24-12-8-13-30)16-25-20(15-18-9-6-5-7-10-18)22(27)26-19(23(28)29)11-14-31-3/h5-7,9-10,17,19-21,24-25,30H,4,8,11-16H2,1-3H3,(H,26,27)(H,28,29)/t17?,19-,20-,21+/m0/s1. The molecule has 0 aliphatic rings. The third-order valence-electron chi connectivity index (χ3n) is 5.48. The molecule has 6 nitrogen and oxygen atoms in total. The lowest BCUT2D eigenvalue weighted by Crippen LogP contribution is -2.54. The fourth-order valence-corrected chi connectivity index (χ4v) is 3.90. The quantitative estimate of drug-likeness (QED) is 0.178. The van der Waals surface area contributed by atoms with Gasteiger partial charge in [-0.25, -0.2) is 4.79 Å². The van der Waals surface area contributed by atoms with Crippen LogP contribution in [0.25, 0.3) is 0 Å². The van der Waals surface area contributed by atoms with Gasteiger partial charge in [0.2, 0.25) is 5.91 Å². The van der Waals surface area contributed by atoms with Gasteiger partial charge in [0, 0.05) is 12.6 Å². The van der Waals surface area contributed by atoms with Crippen LogP contribution < -0.4 is 16.0 Å². The third kappa shape index (κ3) is 11.3. The molecule has 0 saturated carbocycles. The molecule has 4 N–H and O–H groups in total. The Balaban J connectivity index is 2.88. The molecule has 1 unspecified atom stereocenters. The van der Waals surface area contributed by atoms with Gasteiger partial charge in [-0.2, -0.15) is 24.4 Å². The van der Waals surface area contributed by atoms with Crippen LogP contribution in [0.15, 0.2) is 30.3 Å². The number of thioether (sulfide) groups is 1. The highest BCUT2D eigenvalue weighted by Gasteiger charge is 2.26. The van der Waals surface area contributed by atoms with E-state index in [1.54, 1.807) is 11.8 Å². The molecule has 0 radical (unpaired) electrons. The van der Waals surface area contributed by atoms with Crippen molar-refractivity contribution in [2.75, 3.05) is 30.9 Å². The molecule has 0 bridgehead atoms. The van der Waals surface area contributed by atoms with Crippen LogP contribution in [-0.2, 0) is 16.0 Å². The summed E-state index contributed by atoms with van der Waals surface area (Å²) in [5.74, 6) is 0.696. The molecule has 0 spiro atoms. The zero-order valence-corrected chi connectivity index (χ0v) is 20.7. The van der Waals surface area contributed by atoms with Crippen molar-refractivity contribution in [1.82, 2.24) is 16.0 Å². The second-order valence-electron chi connectivity index (χ2n) is 7.85. The fraction of sp³-hybridized carbons (Fsp3) is 0.652. The van der Waals surface area contributed by atoms with Gasteiger partial charge in [0.05, 0.1) is 6.04 Å². The highest BCUT2D eigenvalue weighted by atomic mass is 32.2. The van der Waals surface area contributed by atoms with E-state index in [-0.39, 0.29) is 11.9 Å². The van der Waals surface area contributed by atoms with Crippen molar-refractivity contribution in [3.8, 4) is 0 Å². The van der Waals surface area contributed by atoms with Crippen molar-refractivity contribution < 1.29 is 14.7 Å². The first-order chi connectivity index (χ1) is 14.9. The Kier molecular flexibility index (Phi) is 14.7. The first-order valence-electron chi connectivity index (χ1n) is 11.1. The zero-order chi connectivity index (χ0) is 23.1. The van der Waals surface area contributed by atoms with Crippen LogP contribution in [0.3, 0.4) is 0 Å². The van der Waals surface area contributed by atoms with Crippen LogP contribution >= 0.6 is 24.4 Å². The van der Waals surface area contributed by atoms with Crippen LogP contribution in [0.4, 0.5) is 0 Å². The van der Waals surface area contributed by atoms with E-state index in [1.807, 2.05) is 36.6 Å². The van der Waals surface area contributed by atoms with Crippen molar-refractivity contribution >= 4 is 36.3 Å². The third-order valence-corrected chi connectivity index (χ3v) is 6.44. The number of aliphatic carboxylic acids is 1. The number of hydrogen-bond acceptors (Lipinski definition) is 6. The molecular formula is C23H39N3O3S2. The number of carboxylic acid groups (broad SMARTS) is 1. The summed E-state index contributed by atoms with van der Waals surface area (Å²) < 4.78 is 0. The summed E-state index contributed by atoms with van der Waals surface area (Å²) in [5.41, 5.74) is 1.04. The van der Waals surface area contributed by atoms with Crippen molar-refractivity contribution in [3.63, 3.8) is 0 Å². The van der Waals surface area contributed by atoms with Crippen molar-refractivity contribution in [3.05, 3.63) is 35.9 Å². The minimum atomic E-state index is -0.994. The molecule has 8 heteroatoms. The van der Waals surface area contributed by atoms with Gasteiger partial charge in [-0.1, -0.05) is 50.6 Å². The van der Waals surface area contributed by atoms with Gasteiger partial charge in [0.25, 0.3) is 0 Å². The lowest BCUT2D eigenvalue weighted by molar-refractivity contribution is -0.142. The lowest BCUT2D eigenvalue weighted by Gasteiger charge is -2.28. The number of carboxylic acids is 1. The Morgan fingerprint density at radius 1 is 1.16 bits per heavy atom. The van der Waals surface area contributed by atoms with Gasteiger partial charge in [0.1, 0.15) is 6.04 Å². The second kappa shape index (κ2) is 16.4. The fourth-order valence-electron chi connectivity index (χ4n) is 3.27. The predicted molar refractivity (Wildman–Crippen MR) is 134 cm³/mol. The van der Waals surface area contributed by atoms with Gasteiger partial charge in [-0.3, -0.25) is 4.79 Å². The summed E-state index contributed by atoms with van der Waals surface area (Å²) in [6.07, 6.45) is 4.86. The summed E-state index contributed by atoms with van der Waals surface area (Å²) in [7, 11) is 0. The highest BCUT2D eigenvalue weighted by Crippen LogP contribution is 2.10. The molecular weight excluding hydrogens is 430 g/mol. The Morgan fingerprint density at radius 3 is 2.45 bits per heavy atom. The molecule has 0 aromatic heterocycles. The van der Waals surface area contributed by atoms with Crippen molar-refractivity contribution in [1.29, 1.82) is 0 Å². The van der Waals surface area contributed by atoms with Crippen LogP contribution in [0.2, 0.25) is 0 Å². The van der Waals surface area contributed by atoms with E-state index in [4.69, 9.17) is 0 Å². The van der Waals surface area contributed by atoms with Gasteiger partial charge >= 0.3 is 5.97 Å². The number of nitrogens with one attached hydrogen (secondary N) is 3. The smallest absolute Gasteiger partial charge is 0.326 e. The maximum absolute atomic E-state index is 13.1. The van der Waals surface area contributed by atoms with Crippen LogP contribution in [0.1, 0.15) is 38.7 Å². The summed E-state index contributed by atoms with van der Waals surface area (Å²) >= 11 is 5.85. The Labute approximate surface area is 197 Å². The Bertz CT molecular complexity index is 634. The second-order valence-corrected chi connectivity index (χ2v) is 9.29. The summed E-state index contributed by atoms with van der Waals surface area (Å²) in [6.45, 7) is 5.88. The average Bonchev–Trinajstić information content (AvgIpc) is 2.77. The SMILES string of the molecule is CCC(C)[C@@H](CN[C@@H](Cc1ccccc1)C(=O)N[C@@H](CCSC)C(=O)O)NCCCS. The van der Waals surface area contributed by atoms with Gasteiger partial charge in [-0.05, 0) is 55.1 Å². The van der Waals surface area contributed by atoms with Crippen LogP contribution in [0.5, 0.6) is 0 Å². The topological polar surface area (TPSA) is 90.5 Å². The number of carbonyl (C=O) groups excluding carboxylic acids is 1. The molecule has 1 aromatic carbocycles. The molecule has 0 aliphatic carbocycles. The van der Waals surface area contributed by atoms with E-state index < -0.39 is 18.1 Å². The molecule has 4 atom stereocenters. The molecule has 0 fully saturated rings. The molecule has 0 aliphatic heterocycles. The maximum Gasteiger partial charge on any atom is 0.326 e. The number of amides is 1. The van der Waals surface area contributed by atoms with E-state index in [9.17, 15) is 14.7 Å². The van der Waals surface area contributed by atoms with E-state index in [1.165, 1.54) is 0 Å². The number of hydrogen-bond donors (Lipinski definition) is 5. The molecule has 1 amide bonds. The van der Waals surface area contributed by atoms with E-state index in [0.29, 0.717) is 31.1 Å². The van der Waals surface area contributed by atoms with Crippen molar-refractivity contribution in [2.45, 2.75) is 57.7 Å². The van der Waals surface area contributed by atoms with Crippen molar-refractivity contribution in [2.24, 2.45) is 5.92 Å². The van der Waals surface area contributed by atoms with Gasteiger partial charge in [0.15, 0.2) is 0 Å². The summed E-state index contributed by atoms with van der Waals surface area (Å²) in [5, 5.41) is 19.2. The first kappa shape index (κ1) is 27.8. The van der Waals surface area contributed by atoms with Gasteiger partial charge < -0.3 is 21.1 Å². The first-order valence-corrected chi connectivity index (χ1v) is 13.1. The monoisotopic (exact) mass is 469 g/mol. The predicted octanol–water partition coefficient (Wildman–Crippen LogP) is 2.83. The molecule has 0 heterocycles. The van der Waals surface area contributed by atoms with Crippen LogP contribution in [-0.4, -0.2) is 66.0 Å². The van der Waals surface area contributed by atoms with E-state index in [2.05, 4.69) is 42.4 Å². The Morgan fingerprint density at radius 2 is 1.87 bits per heavy atom. The zero-order valence-electron chi connectivity index (χ0n) is 19.0. The normalized spacial score (nSPS) is 15.1. The minimum Gasteiger partial charge on any atom is -0.480 e. The van der Waals surface area contributed by atoms with Gasteiger partial charge in [-0.15, -0.1) is 0 Å². The summed E-state index contributed by atoms with van der Waals surface area (Å²) in [4.78, 5) is 24.7. The molecule has 176 valence electrons. The Hall–Kier alpha value is -1.22. The number of benzene rings is 1. The highest BCUT2D eigenvalue weighted by molar-refractivity contribution is 7.98.